The third-order valence-corrected chi connectivity index (χ3v) is 3.10. The SMILES string of the molecule is Cc1c([N+](=O)[O-])cc(S(=O)(=O)Cl)nc1C(F)F. The van der Waals surface area contributed by atoms with E-state index in [2.05, 4.69) is 4.98 Å². The van der Waals surface area contributed by atoms with Gasteiger partial charge >= 0.3 is 0 Å². The van der Waals surface area contributed by atoms with Gasteiger partial charge < -0.3 is 0 Å². The molecule has 0 N–H and O–H groups in total. The van der Waals surface area contributed by atoms with Crippen LogP contribution in [-0.4, -0.2) is 18.3 Å². The summed E-state index contributed by atoms with van der Waals surface area (Å²) >= 11 is 0. The number of nitro groups is 1. The van der Waals surface area contributed by atoms with Crippen molar-refractivity contribution in [2.45, 2.75) is 18.4 Å². The van der Waals surface area contributed by atoms with Crippen LogP contribution in [0.5, 0.6) is 0 Å². The zero-order chi connectivity index (χ0) is 13.4. The molecule has 1 heterocycles. The van der Waals surface area contributed by atoms with Crippen LogP contribution >= 0.6 is 10.7 Å². The van der Waals surface area contributed by atoms with Crippen LogP contribution in [0, 0.1) is 17.0 Å². The maximum Gasteiger partial charge on any atom is 0.280 e. The lowest BCUT2D eigenvalue weighted by Crippen LogP contribution is -2.05. The summed E-state index contributed by atoms with van der Waals surface area (Å²) in [6, 6.07) is 0.545. The van der Waals surface area contributed by atoms with Gasteiger partial charge in [-0.15, -0.1) is 0 Å². The van der Waals surface area contributed by atoms with Gasteiger partial charge in [-0.2, -0.15) is 0 Å². The van der Waals surface area contributed by atoms with E-state index in [4.69, 9.17) is 10.7 Å². The van der Waals surface area contributed by atoms with E-state index < -0.39 is 42.4 Å². The molecule has 0 spiro atoms. The Balaban J connectivity index is 3.65. The third-order valence-electron chi connectivity index (χ3n) is 1.91. The van der Waals surface area contributed by atoms with Crippen LogP contribution in [0.25, 0.3) is 0 Å². The summed E-state index contributed by atoms with van der Waals surface area (Å²) < 4.78 is 46.9. The van der Waals surface area contributed by atoms with Crippen molar-refractivity contribution in [2.24, 2.45) is 0 Å². The largest absolute Gasteiger partial charge is 0.280 e. The van der Waals surface area contributed by atoms with Gasteiger partial charge in [0.15, 0.2) is 5.03 Å². The van der Waals surface area contributed by atoms with Gasteiger partial charge in [-0.3, -0.25) is 10.1 Å². The number of hydrogen-bond donors (Lipinski definition) is 0. The molecule has 0 bridgehead atoms. The summed E-state index contributed by atoms with van der Waals surface area (Å²) in [5.41, 5.74) is -2.14. The summed E-state index contributed by atoms with van der Waals surface area (Å²) in [7, 11) is 0.498. The summed E-state index contributed by atoms with van der Waals surface area (Å²) in [5, 5.41) is 9.60. The highest BCUT2D eigenvalue weighted by molar-refractivity contribution is 8.13. The van der Waals surface area contributed by atoms with Gasteiger partial charge in [0, 0.05) is 10.7 Å². The average Bonchev–Trinajstić information content (AvgIpc) is 2.14. The number of pyridine rings is 1. The molecule has 0 aliphatic heterocycles. The Morgan fingerprint density at radius 1 is 1.53 bits per heavy atom. The standard InChI is InChI=1S/C7H5ClF2N2O4S/c1-3-4(12(13)14)2-5(17(8,15)16)11-6(3)7(9)10/h2,7H,1H3. The molecule has 1 aromatic rings. The number of hydrogen-bond acceptors (Lipinski definition) is 5. The van der Waals surface area contributed by atoms with Crippen LogP contribution in [0.1, 0.15) is 17.7 Å². The third kappa shape index (κ3) is 2.86. The molecule has 0 saturated carbocycles. The van der Waals surface area contributed by atoms with Crippen molar-refractivity contribution >= 4 is 25.4 Å². The molecule has 0 aliphatic rings. The first-order valence-corrected chi connectivity index (χ1v) is 6.34. The van der Waals surface area contributed by atoms with Crippen molar-refractivity contribution in [2.75, 3.05) is 0 Å². The summed E-state index contributed by atoms with van der Waals surface area (Å²) in [6.45, 7) is 1.05. The molecular formula is C7H5ClF2N2O4S. The molecule has 0 aliphatic carbocycles. The minimum atomic E-state index is -4.41. The normalized spacial score (nSPS) is 11.8. The van der Waals surface area contributed by atoms with E-state index in [1.807, 2.05) is 0 Å². The quantitative estimate of drug-likeness (QED) is 0.482. The van der Waals surface area contributed by atoms with E-state index in [9.17, 15) is 27.3 Å². The highest BCUT2D eigenvalue weighted by Crippen LogP contribution is 2.30. The number of aromatic nitrogens is 1. The minimum Gasteiger partial charge on any atom is -0.258 e. The molecule has 1 rings (SSSR count). The minimum absolute atomic E-state index is 0.394. The lowest BCUT2D eigenvalue weighted by atomic mass is 10.2. The first kappa shape index (κ1) is 13.7. The Morgan fingerprint density at radius 3 is 2.41 bits per heavy atom. The second-order valence-electron chi connectivity index (χ2n) is 2.99. The summed E-state index contributed by atoms with van der Waals surface area (Å²) in [5.74, 6) is 0. The van der Waals surface area contributed by atoms with Crippen molar-refractivity contribution in [3.63, 3.8) is 0 Å². The second kappa shape index (κ2) is 4.49. The van der Waals surface area contributed by atoms with Crippen molar-refractivity contribution in [3.8, 4) is 0 Å². The van der Waals surface area contributed by atoms with Gasteiger partial charge in [-0.1, -0.05) is 0 Å². The number of alkyl halides is 2. The van der Waals surface area contributed by atoms with E-state index in [1.165, 1.54) is 0 Å². The Hall–Kier alpha value is -1.35. The topological polar surface area (TPSA) is 90.2 Å². The molecule has 0 aromatic carbocycles. The van der Waals surface area contributed by atoms with Crippen LogP contribution in [-0.2, 0) is 9.05 Å². The molecule has 10 heteroatoms. The van der Waals surface area contributed by atoms with E-state index in [1.54, 1.807) is 0 Å². The van der Waals surface area contributed by atoms with E-state index >= 15 is 0 Å². The predicted octanol–water partition coefficient (Wildman–Crippen LogP) is 2.16. The van der Waals surface area contributed by atoms with Crippen molar-refractivity contribution in [1.29, 1.82) is 0 Å². The Kier molecular flexibility index (Phi) is 3.62. The molecule has 0 amide bonds. The summed E-state index contributed by atoms with van der Waals surface area (Å²) in [6.07, 6.45) is -3.13. The Labute approximate surface area is 98.8 Å². The lowest BCUT2D eigenvalue weighted by Gasteiger charge is -2.06. The fourth-order valence-electron chi connectivity index (χ4n) is 1.12. The molecule has 94 valence electrons. The molecule has 6 nitrogen and oxygen atoms in total. The van der Waals surface area contributed by atoms with Gasteiger partial charge in [-0.05, 0) is 6.92 Å². The van der Waals surface area contributed by atoms with Crippen molar-refractivity contribution in [3.05, 3.63) is 27.4 Å². The maximum absolute atomic E-state index is 12.5. The van der Waals surface area contributed by atoms with E-state index in [0.717, 1.165) is 6.92 Å². The molecule has 0 saturated heterocycles. The first-order valence-electron chi connectivity index (χ1n) is 4.03. The Morgan fingerprint density at radius 2 is 2.06 bits per heavy atom. The number of halogens is 3. The first-order chi connectivity index (χ1) is 7.64. The fraction of sp³-hybridized carbons (Fsp3) is 0.286. The van der Waals surface area contributed by atoms with E-state index in [-0.39, 0.29) is 0 Å². The van der Waals surface area contributed by atoms with E-state index in [0.29, 0.717) is 6.07 Å². The van der Waals surface area contributed by atoms with Gasteiger partial charge in [0.1, 0.15) is 5.69 Å². The average molecular weight is 287 g/mol. The highest BCUT2D eigenvalue weighted by atomic mass is 35.7. The smallest absolute Gasteiger partial charge is 0.258 e. The van der Waals surface area contributed by atoms with Crippen LogP contribution in [0.4, 0.5) is 14.5 Å². The monoisotopic (exact) mass is 286 g/mol. The van der Waals surface area contributed by atoms with Crippen LogP contribution in [0.3, 0.4) is 0 Å². The van der Waals surface area contributed by atoms with Gasteiger partial charge in [0.25, 0.3) is 21.2 Å². The molecule has 0 radical (unpaired) electrons. The highest BCUT2D eigenvalue weighted by Gasteiger charge is 2.26. The van der Waals surface area contributed by atoms with Gasteiger partial charge in [0.2, 0.25) is 0 Å². The molecule has 0 atom stereocenters. The predicted molar refractivity (Wildman–Crippen MR) is 53.6 cm³/mol. The second-order valence-corrected chi connectivity index (χ2v) is 5.50. The molecule has 17 heavy (non-hydrogen) atoms. The zero-order valence-electron chi connectivity index (χ0n) is 8.22. The van der Waals surface area contributed by atoms with Crippen LogP contribution in [0.15, 0.2) is 11.1 Å². The lowest BCUT2D eigenvalue weighted by molar-refractivity contribution is -0.385. The summed E-state index contributed by atoms with van der Waals surface area (Å²) in [4.78, 5) is 12.7. The van der Waals surface area contributed by atoms with Crippen LogP contribution < -0.4 is 0 Å². The van der Waals surface area contributed by atoms with Crippen molar-refractivity contribution < 1.29 is 22.1 Å². The Bertz CT molecular complexity index is 575. The molecule has 1 aromatic heterocycles. The number of rotatable bonds is 3. The zero-order valence-corrected chi connectivity index (χ0v) is 9.80. The molecule has 0 fully saturated rings. The van der Waals surface area contributed by atoms with Gasteiger partial charge in [0.05, 0.1) is 16.6 Å². The fourth-order valence-corrected chi connectivity index (χ4v) is 1.82. The van der Waals surface area contributed by atoms with Crippen LogP contribution in [0.2, 0.25) is 0 Å². The molecular weight excluding hydrogens is 282 g/mol. The molecule has 0 unspecified atom stereocenters. The number of nitrogens with zero attached hydrogens (tertiary/aromatic N) is 2. The maximum atomic E-state index is 12.5. The van der Waals surface area contributed by atoms with Crippen molar-refractivity contribution in [1.82, 2.24) is 4.98 Å². The van der Waals surface area contributed by atoms with Gasteiger partial charge in [-0.25, -0.2) is 22.2 Å².